The van der Waals surface area contributed by atoms with Crippen molar-refractivity contribution in [2.24, 2.45) is 7.05 Å². The molecule has 0 bridgehead atoms. The summed E-state index contributed by atoms with van der Waals surface area (Å²) in [5.41, 5.74) is 0.874. The number of nitrogens with one attached hydrogen (secondary N) is 1. The van der Waals surface area contributed by atoms with Gasteiger partial charge in [0.25, 0.3) is 0 Å². The predicted octanol–water partition coefficient (Wildman–Crippen LogP) is 2.36. The normalized spacial score (nSPS) is 13.9. The number of aromatic nitrogens is 3. The number of morpholine rings is 1. The van der Waals surface area contributed by atoms with Crippen molar-refractivity contribution >= 4 is 38.6 Å². The van der Waals surface area contributed by atoms with E-state index in [9.17, 15) is 4.79 Å². The smallest absolute Gasteiger partial charge is 0.418 e. The van der Waals surface area contributed by atoms with Gasteiger partial charge in [-0.25, -0.2) is 9.78 Å². The molecule has 1 aromatic carbocycles. The minimum absolute atomic E-state index is 0.247. The Balaban J connectivity index is 1.63. The molecular weight excluding hydrogens is 396 g/mol. The Morgan fingerprint density at radius 2 is 2.10 bits per heavy atom. The molecule has 0 spiro atoms. The Morgan fingerprint density at radius 3 is 2.83 bits per heavy atom. The number of thiazole rings is 1. The fourth-order valence-corrected chi connectivity index (χ4v) is 4.06. The van der Waals surface area contributed by atoms with E-state index in [1.54, 1.807) is 26.3 Å². The lowest BCUT2D eigenvalue weighted by atomic mass is 10.3. The first-order chi connectivity index (χ1) is 14.1. The topological polar surface area (TPSA) is 115 Å². The third-order valence-corrected chi connectivity index (χ3v) is 5.57. The molecule has 1 saturated heterocycles. The van der Waals surface area contributed by atoms with E-state index in [-0.39, 0.29) is 11.4 Å². The van der Waals surface area contributed by atoms with E-state index in [0.717, 1.165) is 18.2 Å². The quantitative estimate of drug-likeness (QED) is 0.692. The standard InChI is InChI=1S/C18H18N6O4S/c1-23-16(11(9-19)10-20-23)22-18(25)28-13-4-3-12(26-2)14-15(13)29-17(21-14)24-5-7-27-8-6-24/h3-4,10H,5-8H2,1-2H3,(H,22,25). The van der Waals surface area contributed by atoms with Crippen molar-refractivity contribution in [1.29, 1.82) is 5.26 Å². The zero-order chi connectivity index (χ0) is 20.4. The molecule has 2 aromatic heterocycles. The van der Waals surface area contributed by atoms with E-state index in [4.69, 9.17) is 19.5 Å². The van der Waals surface area contributed by atoms with Crippen LogP contribution in [0.4, 0.5) is 15.7 Å². The first-order valence-corrected chi connectivity index (χ1v) is 9.63. The maximum absolute atomic E-state index is 12.4. The molecule has 3 aromatic rings. The van der Waals surface area contributed by atoms with Crippen molar-refractivity contribution < 1.29 is 19.0 Å². The van der Waals surface area contributed by atoms with Gasteiger partial charge in [-0.2, -0.15) is 10.4 Å². The summed E-state index contributed by atoms with van der Waals surface area (Å²) in [6, 6.07) is 5.35. The predicted molar refractivity (Wildman–Crippen MR) is 107 cm³/mol. The molecule has 11 heteroatoms. The van der Waals surface area contributed by atoms with Crippen LogP contribution in [0.3, 0.4) is 0 Å². The highest BCUT2D eigenvalue weighted by Crippen LogP contribution is 2.40. The molecule has 1 N–H and O–H groups in total. The Hall–Kier alpha value is -3.36. The molecule has 3 heterocycles. The van der Waals surface area contributed by atoms with E-state index in [1.807, 2.05) is 6.07 Å². The van der Waals surface area contributed by atoms with Gasteiger partial charge >= 0.3 is 6.09 Å². The Bertz CT molecular complexity index is 1100. The fraction of sp³-hybridized carbons (Fsp3) is 0.333. The highest BCUT2D eigenvalue weighted by molar-refractivity contribution is 7.22. The van der Waals surface area contributed by atoms with Crippen molar-refractivity contribution in [2.45, 2.75) is 0 Å². The molecule has 1 aliphatic rings. The molecule has 29 heavy (non-hydrogen) atoms. The largest absolute Gasteiger partial charge is 0.494 e. The zero-order valence-corrected chi connectivity index (χ0v) is 16.7. The third kappa shape index (κ3) is 3.67. The summed E-state index contributed by atoms with van der Waals surface area (Å²) < 4.78 is 18.4. The van der Waals surface area contributed by atoms with E-state index in [1.165, 1.54) is 22.2 Å². The number of nitrogens with zero attached hydrogens (tertiary/aromatic N) is 5. The third-order valence-electron chi connectivity index (χ3n) is 4.44. The van der Waals surface area contributed by atoms with Gasteiger partial charge in [0, 0.05) is 20.1 Å². The van der Waals surface area contributed by atoms with Crippen LogP contribution < -0.4 is 19.7 Å². The van der Waals surface area contributed by atoms with E-state index in [0.29, 0.717) is 34.9 Å². The van der Waals surface area contributed by atoms with E-state index < -0.39 is 6.09 Å². The Kier molecular flexibility index (Phi) is 5.20. The van der Waals surface area contributed by atoms with E-state index in [2.05, 4.69) is 20.3 Å². The number of carbonyl (C=O) groups excluding carboxylic acids is 1. The number of hydrogen-bond acceptors (Lipinski definition) is 9. The van der Waals surface area contributed by atoms with Gasteiger partial charge in [0.15, 0.2) is 16.7 Å². The molecule has 0 aliphatic carbocycles. The molecule has 1 amide bonds. The van der Waals surface area contributed by atoms with Gasteiger partial charge in [0.1, 0.15) is 27.6 Å². The van der Waals surface area contributed by atoms with Crippen LogP contribution in [-0.4, -0.2) is 54.3 Å². The average Bonchev–Trinajstić information content (AvgIpc) is 3.34. The van der Waals surface area contributed by atoms with Gasteiger partial charge in [-0.15, -0.1) is 0 Å². The van der Waals surface area contributed by atoms with Gasteiger partial charge < -0.3 is 19.1 Å². The lowest BCUT2D eigenvalue weighted by Crippen LogP contribution is -2.36. The number of carbonyl (C=O) groups is 1. The first-order valence-electron chi connectivity index (χ1n) is 8.82. The number of anilines is 2. The second-order valence-electron chi connectivity index (χ2n) is 6.20. The van der Waals surface area contributed by atoms with Crippen LogP contribution in [0.15, 0.2) is 18.3 Å². The van der Waals surface area contributed by atoms with Gasteiger partial charge in [-0.3, -0.25) is 10.00 Å². The first kappa shape index (κ1) is 19.0. The van der Waals surface area contributed by atoms with Gasteiger partial charge in [0.2, 0.25) is 0 Å². The maximum atomic E-state index is 12.4. The van der Waals surface area contributed by atoms with Crippen LogP contribution in [0, 0.1) is 11.3 Å². The van der Waals surface area contributed by atoms with Crippen LogP contribution in [0.25, 0.3) is 10.2 Å². The van der Waals surface area contributed by atoms with Crippen LogP contribution >= 0.6 is 11.3 Å². The molecule has 1 fully saturated rings. The van der Waals surface area contributed by atoms with Crippen molar-refractivity contribution in [3.63, 3.8) is 0 Å². The summed E-state index contributed by atoms with van der Waals surface area (Å²) in [6.45, 7) is 2.78. The van der Waals surface area contributed by atoms with Crippen molar-refractivity contribution in [1.82, 2.24) is 14.8 Å². The minimum atomic E-state index is -0.724. The summed E-state index contributed by atoms with van der Waals surface area (Å²) in [6.07, 6.45) is 0.650. The molecular formula is C18H18N6O4S. The summed E-state index contributed by atoms with van der Waals surface area (Å²) in [5, 5.41) is 16.5. The summed E-state index contributed by atoms with van der Waals surface area (Å²) in [7, 11) is 3.20. The number of rotatable bonds is 4. The molecule has 0 atom stereocenters. The summed E-state index contributed by atoms with van der Waals surface area (Å²) in [4.78, 5) is 19.3. The average molecular weight is 414 g/mol. The van der Waals surface area contributed by atoms with Crippen LogP contribution in [0.1, 0.15) is 5.56 Å². The van der Waals surface area contributed by atoms with Crippen LogP contribution in [-0.2, 0) is 11.8 Å². The molecule has 4 rings (SSSR count). The Labute approximate surface area is 170 Å². The second kappa shape index (κ2) is 7.94. The lowest BCUT2D eigenvalue weighted by molar-refractivity contribution is 0.122. The SMILES string of the molecule is COc1ccc(OC(=O)Nc2c(C#N)cnn2C)c2sc(N3CCOCC3)nc12. The molecule has 10 nitrogen and oxygen atoms in total. The number of methoxy groups -OCH3 is 1. The number of benzene rings is 1. The lowest BCUT2D eigenvalue weighted by Gasteiger charge is -2.25. The molecule has 0 saturated carbocycles. The monoisotopic (exact) mass is 414 g/mol. The number of ether oxygens (including phenoxy) is 3. The summed E-state index contributed by atoms with van der Waals surface area (Å²) in [5.74, 6) is 1.22. The molecule has 150 valence electrons. The Morgan fingerprint density at radius 1 is 1.34 bits per heavy atom. The zero-order valence-electron chi connectivity index (χ0n) is 15.8. The van der Waals surface area contributed by atoms with Crippen LogP contribution in [0.2, 0.25) is 0 Å². The highest BCUT2D eigenvalue weighted by atomic mass is 32.1. The molecule has 1 aliphatic heterocycles. The van der Waals surface area contributed by atoms with Crippen molar-refractivity contribution in [2.75, 3.05) is 43.6 Å². The van der Waals surface area contributed by atoms with Gasteiger partial charge in [0.05, 0.1) is 26.5 Å². The van der Waals surface area contributed by atoms with Gasteiger partial charge in [-0.1, -0.05) is 11.3 Å². The van der Waals surface area contributed by atoms with Crippen molar-refractivity contribution in [3.05, 3.63) is 23.9 Å². The number of aryl methyl sites for hydroxylation is 1. The van der Waals surface area contributed by atoms with Crippen LogP contribution in [0.5, 0.6) is 11.5 Å². The second-order valence-corrected chi connectivity index (χ2v) is 7.17. The number of fused-ring (bicyclic) bond motifs is 1. The molecule has 0 radical (unpaired) electrons. The van der Waals surface area contributed by atoms with Crippen molar-refractivity contribution in [3.8, 4) is 17.6 Å². The number of amides is 1. The fourth-order valence-electron chi connectivity index (χ4n) is 2.97. The highest BCUT2D eigenvalue weighted by Gasteiger charge is 2.21. The number of nitriles is 1. The number of hydrogen-bond donors (Lipinski definition) is 1. The van der Waals surface area contributed by atoms with Gasteiger partial charge in [-0.05, 0) is 12.1 Å². The van der Waals surface area contributed by atoms with E-state index >= 15 is 0 Å². The molecule has 0 unspecified atom stereocenters. The minimum Gasteiger partial charge on any atom is -0.494 e. The summed E-state index contributed by atoms with van der Waals surface area (Å²) >= 11 is 1.43. The maximum Gasteiger partial charge on any atom is 0.418 e.